The summed E-state index contributed by atoms with van der Waals surface area (Å²) < 4.78 is 1.83. The molecule has 1 rings (SSSR count). The highest BCUT2D eigenvalue weighted by molar-refractivity contribution is 9.08. The summed E-state index contributed by atoms with van der Waals surface area (Å²) >= 11 is 3.33. The SMILES string of the molecule is C=C=Cc1cn(Br)c(CC)n1. The third-order valence-corrected chi connectivity index (χ3v) is 1.93. The summed E-state index contributed by atoms with van der Waals surface area (Å²) in [5, 5.41) is 0. The summed E-state index contributed by atoms with van der Waals surface area (Å²) in [6.07, 6.45) is 4.55. The van der Waals surface area contributed by atoms with Crippen molar-refractivity contribution in [3.05, 3.63) is 30.0 Å². The molecule has 1 heterocycles. The summed E-state index contributed by atoms with van der Waals surface area (Å²) in [4.78, 5) is 4.28. The molecule has 0 spiro atoms. The molecule has 0 saturated heterocycles. The molecule has 0 aliphatic rings. The number of hydrogen-bond donors (Lipinski definition) is 0. The van der Waals surface area contributed by atoms with Crippen LogP contribution in [0.3, 0.4) is 0 Å². The molecule has 58 valence electrons. The predicted molar refractivity (Wildman–Crippen MR) is 49.5 cm³/mol. The number of halogens is 1. The van der Waals surface area contributed by atoms with E-state index in [1.54, 1.807) is 6.08 Å². The smallest absolute Gasteiger partial charge is 0.119 e. The van der Waals surface area contributed by atoms with E-state index in [2.05, 4.69) is 40.4 Å². The minimum atomic E-state index is 0.883. The van der Waals surface area contributed by atoms with Gasteiger partial charge in [-0.2, -0.15) is 0 Å². The lowest BCUT2D eigenvalue weighted by molar-refractivity contribution is 0.967. The van der Waals surface area contributed by atoms with E-state index in [1.807, 2.05) is 9.79 Å². The first-order valence-corrected chi connectivity index (χ1v) is 4.09. The van der Waals surface area contributed by atoms with E-state index >= 15 is 0 Å². The molecule has 0 bridgehead atoms. The fourth-order valence-corrected chi connectivity index (χ4v) is 1.36. The fourth-order valence-electron chi connectivity index (χ4n) is 0.821. The molecular formula is C8H9BrN2. The normalized spacial score (nSPS) is 9.27. The Bertz CT molecular complexity index is 295. The number of aryl methyl sites for hydroxylation is 1. The highest BCUT2D eigenvalue weighted by Crippen LogP contribution is 2.07. The van der Waals surface area contributed by atoms with Gasteiger partial charge in [0.2, 0.25) is 0 Å². The van der Waals surface area contributed by atoms with Crippen molar-refractivity contribution < 1.29 is 0 Å². The summed E-state index contributed by atoms with van der Waals surface area (Å²) in [6.45, 7) is 5.53. The van der Waals surface area contributed by atoms with E-state index in [0.29, 0.717) is 0 Å². The number of nitrogens with zero attached hydrogens (tertiary/aromatic N) is 2. The first-order chi connectivity index (χ1) is 5.27. The van der Waals surface area contributed by atoms with Crippen molar-refractivity contribution in [1.29, 1.82) is 0 Å². The molecule has 0 aromatic carbocycles. The van der Waals surface area contributed by atoms with Gasteiger partial charge < -0.3 is 0 Å². The second kappa shape index (κ2) is 3.56. The summed E-state index contributed by atoms with van der Waals surface area (Å²) in [5.74, 6) is 1.01. The quantitative estimate of drug-likeness (QED) is 0.689. The Morgan fingerprint density at radius 3 is 3.09 bits per heavy atom. The summed E-state index contributed by atoms with van der Waals surface area (Å²) in [5.41, 5.74) is 3.56. The Morgan fingerprint density at radius 1 is 1.91 bits per heavy atom. The van der Waals surface area contributed by atoms with Crippen LogP contribution in [0.4, 0.5) is 0 Å². The van der Waals surface area contributed by atoms with Gasteiger partial charge in [-0.15, -0.1) is 5.73 Å². The van der Waals surface area contributed by atoms with Gasteiger partial charge in [0.15, 0.2) is 0 Å². The largest absolute Gasteiger partial charge is 0.269 e. The third-order valence-electron chi connectivity index (χ3n) is 1.32. The van der Waals surface area contributed by atoms with Crippen molar-refractivity contribution in [2.45, 2.75) is 13.3 Å². The van der Waals surface area contributed by atoms with E-state index in [0.717, 1.165) is 17.9 Å². The average molecular weight is 213 g/mol. The summed E-state index contributed by atoms with van der Waals surface area (Å²) in [6, 6.07) is 0. The van der Waals surface area contributed by atoms with Crippen LogP contribution in [0.5, 0.6) is 0 Å². The zero-order valence-electron chi connectivity index (χ0n) is 6.34. The first-order valence-electron chi connectivity index (χ1n) is 3.38. The maximum Gasteiger partial charge on any atom is 0.119 e. The van der Waals surface area contributed by atoms with Crippen molar-refractivity contribution in [1.82, 2.24) is 8.58 Å². The number of imidazole rings is 1. The lowest BCUT2D eigenvalue weighted by Crippen LogP contribution is -1.87. The fraction of sp³-hybridized carbons (Fsp3) is 0.250. The minimum Gasteiger partial charge on any atom is -0.269 e. The molecule has 0 aliphatic heterocycles. The van der Waals surface area contributed by atoms with Gasteiger partial charge in [0.25, 0.3) is 0 Å². The number of hydrogen-bond acceptors (Lipinski definition) is 1. The van der Waals surface area contributed by atoms with Crippen LogP contribution in [0.2, 0.25) is 0 Å². The van der Waals surface area contributed by atoms with E-state index in [9.17, 15) is 0 Å². The third kappa shape index (κ3) is 1.82. The molecule has 0 unspecified atom stereocenters. The molecule has 0 radical (unpaired) electrons. The summed E-state index contributed by atoms with van der Waals surface area (Å²) in [7, 11) is 0. The molecule has 1 aromatic heterocycles. The molecule has 3 heteroatoms. The van der Waals surface area contributed by atoms with Crippen LogP contribution in [0.25, 0.3) is 6.08 Å². The average Bonchev–Trinajstić information content (AvgIpc) is 2.32. The van der Waals surface area contributed by atoms with Gasteiger partial charge in [0, 0.05) is 18.7 Å². The Labute approximate surface area is 74.6 Å². The van der Waals surface area contributed by atoms with Crippen molar-refractivity contribution in [2.75, 3.05) is 0 Å². The molecule has 1 aromatic rings. The van der Waals surface area contributed by atoms with E-state index in [-0.39, 0.29) is 0 Å². The lowest BCUT2D eigenvalue weighted by Gasteiger charge is -1.89. The Hall–Kier alpha value is -0.790. The van der Waals surface area contributed by atoms with E-state index in [4.69, 9.17) is 0 Å². The minimum absolute atomic E-state index is 0.883. The molecule has 0 atom stereocenters. The van der Waals surface area contributed by atoms with Crippen LogP contribution in [0.1, 0.15) is 18.4 Å². The van der Waals surface area contributed by atoms with E-state index < -0.39 is 0 Å². The monoisotopic (exact) mass is 212 g/mol. The van der Waals surface area contributed by atoms with Gasteiger partial charge in [-0.25, -0.2) is 4.98 Å². The van der Waals surface area contributed by atoms with Crippen LogP contribution < -0.4 is 0 Å². The highest BCUT2D eigenvalue weighted by Gasteiger charge is 1.99. The topological polar surface area (TPSA) is 17.8 Å². The lowest BCUT2D eigenvalue weighted by atomic mass is 10.4. The van der Waals surface area contributed by atoms with Gasteiger partial charge in [-0.3, -0.25) is 3.59 Å². The second-order valence-electron chi connectivity index (χ2n) is 2.10. The van der Waals surface area contributed by atoms with Crippen LogP contribution in [0, 0.1) is 0 Å². The van der Waals surface area contributed by atoms with Crippen LogP contribution in [-0.2, 0) is 6.42 Å². The van der Waals surface area contributed by atoms with Crippen molar-refractivity contribution in [3.8, 4) is 0 Å². The van der Waals surface area contributed by atoms with Crippen LogP contribution in [-0.4, -0.2) is 8.58 Å². The van der Waals surface area contributed by atoms with Crippen molar-refractivity contribution in [3.63, 3.8) is 0 Å². The Morgan fingerprint density at radius 2 is 2.64 bits per heavy atom. The zero-order valence-corrected chi connectivity index (χ0v) is 7.93. The molecular weight excluding hydrogens is 204 g/mol. The first kappa shape index (κ1) is 8.31. The maximum atomic E-state index is 4.28. The predicted octanol–water partition coefficient (Wildman–Crippen LogP) is 2.40. The van der Waals surface area contributed by atoms with Crippen LogP contribution >= 0.6 is 16.1 Å². The molecule has 11 heavy (non-hydrogen) atoms. The number of aromatic nitrogens is 2. The standard InChI is InChI=1S/C8H9BrN2/c1-3-5-7-6-11(9)8(4-2)10-7/h5-6H,1,4H2,2H3. The molecule has 0 saturated carbocycles. The highest BCUT2D eigenvalue weighted by atomic mass is 79.9. The molecule has 0 fully saturated rings. The van der Waals surface area contributed by atoms with E-state index in [1.165, 1.54) is 0 Å². The van der Waals surface area contributed by atoms with Crippen molar-refractivity contribution in [2.24, 2.45) is 0 Å². The van der Waals surface area contributed by atoms with Gasteiger partial charge in [0.1, 0.15) is 5.82 Å². The number of rotatable bonds is 2. The molecule has 0 N–H and O–H groups in total. The Kier molecular flexibility index (Phi) is 2.69. The van der Waals surface area contributed by atoms with Gasteiger partial charge in [0.05, 0.1) is 21.8 Å². The van der Waals surface area contributed by atoms with Crippen LogP contribution in [0.15, 0.2) is 18.5 Å². The zero-order chi connectivity index (χ0) is 8.27. The second-order valence-corrected chi connectivity index (χ2v) is 2.86. The molecule has 2 nitrogen and oxygen atoms in total. The maximum absolute atomic E-state index is 4.28. The van der Waals surface area contributed by atoms with Gasteiger partial charge in [-0.1, -0.05) is 13.5 Å². The molecule has 0 amide bonds. The van der Waals surface area contributed by atoms with Gasteiger partial charge in [-0.05, 0) is 0 Å². The Balaban J connectivity index is 3.04. The van der Waals surface area contributed by atoms with Crippen molar-refractivity contribution >= 4 is 22.2 Å². The molecule has 0 aliphatic carbocycles. The van der Waals surface area contributed by atoms with Gasteiger partial charge >= 0.3 is 0 Å².